The molecule has 0 saturated carbocycles. The van der Waals surface area contributed by atoms with Crippen molar-refractivity contribution < 1.29 is 4.42 Å². The molecule has 1 aromatic heterocycles. The maximum Gasteiger partial charge on any atom is 0.159 e. The molecule has 27 heavy (non-hydrogen) atoms. The lowest BCUT2D eigenvalue weighted by atomic mass is 10.1. The minimum absolute atomic E-state index is 0.358. The molecule has 0 radical (unpaired) electrons. The minimum atomic E-state index is 0.358. The Morgan fingerprint density at radius 2 is 1.63 bits per heavy atom. The third-order valence-electron chi connectivity index (χ3n) is 5.41. The maximum absolute atomic E-state index is 6.28. The smallest absolute Gasteiger partial charge is 0.159 e. The van der Waals surface area contributed by atoms with E-state index in [0.29, 0.717) is 6.04 Å². The summed E-state index contributed by atoms with van der Waals surface area (Å²) < 4.78 is 6.28. The molecule has 3 nitrogen and oxygen atoms in total. The van der Waals surface area contributed by atoms with Gasteiger partial charge in [-0.05, 0) is 37.6 Å². The molecule has 3 heteroatoms. The molecule has 3 aromatic carbocycles. The van der Waals surface area contributed by atoms with Crippen molar-refractivity contribution in [2.45, 2.75) is 19.9 Å². The van der Waals surface area contributed by atoms with E-state index in [-0.39, 0.29) is 0 Å². The molecule has 0 bridgehead atoms. The monoisotopic (exact) mass is 354 g/mol. The zero-order valence-corrected chi connectivity index (χ0v) is 15.6. The first-order valence-electron chi connectivity index (χ1n) is 9.41. The van der Waals surface area contributed by atoms with Gasteiger partial charge in [0.1, 0.15) is 5.58 Å². The molecule has 0 amide bonds. The van der Waals surface area contributed by atoms with Gasteiger partial charge in [-0.2, -0.15) is 0 Å². The Hall–Kier alpha value is -3.20. The first-order valence-corrected chi connectivity index (χ1v) is 9.41. The highest BCUT2D eigenvalue weighted by molar-refractivity contribution is 6.09. The lowest BCUT2D eigenvalue weighted by molar-refractivity contribution is 0.652. The van der Waals surface area contributed by atoms with E-state index in [2.05, 4.69) is 90.6 Å². The van der Waals surface area contributed by atoms with E-state index in [1.54, 1.807) is 0 Å². The van der Waals surface area contributed by atoms with Gasteiger partial charge in [0.25, 0.3) is 0 Å². The van der Waals surface area contributed by atoms with Crippen LogP contribution in [-0.4, -0.2) is 12.6 Å². The average Bonchev–Trinajstić information content (AvgIpc) is 3.07. The van der Waals surface area contributed by atoms with Gasteiger partial charge in [0, 0.05) is 41.4 Å². The molecule has 134 valence electrons. The van der Waals surface area contributed by atoms with Crippen LogP contribution in [0.3, 0.4) is 0 Å². The fraction of sp³-hybridized carbons (Fsp3) is 0.167. The van der Waals surface area contributed by atoms with Crippen molar-refractivity contribution in [1.82, 2.24) is 0 Å². The lowest BCUT2D eigenvalue weighted by Gasteiger charge is -2.37. The van der Waals surface area contributed by atoms with E-state index in [1.807, 2.05) is 12.1 Å². The summed E-state index contributed by atoms with van der Waals surface area (Å²) in [6.07, 6.45) is 4.34. The number of benzene rings is 3. The predicted octanol–water partition coefficient (Wildman–Crippen LogP) is 6.08. The fourth-order valence-corrected chi connectivity index (χ4v) is 4.07. The summed E-state index contributed by atoms with van der Waals surface area (Å²) in [6, 6.07) is 23.5. The highest BCUT2D eigenvalue weighted by Crippen LogP contribution is 2.38. The second-order valence-electron chi connectivity index (χ2n) is 7.25. The van der Waals surface area contributed by atoms with Crippen LogP contribution in [0.15, 0.2) is 83.5 Å². The van der Waals surface area contributed by atoms with Crippen LogP contribution in [0.1, 0.15) is 12.5 Å². The Balaban J connectivity index is 1.61. The van der Waals surface area contributed by atoms with Crippen LogP contribution in [0.25, 0.3) is 21.9 Å². The van der Waals surface area contributed by atoms with Gasteiger partial charge in [-0.3, -0.25) is 0 Å². The normalized spacial score (nSPS) is 17.2. The van der Waals surface area contributed by atoms with Gasteiger partial charge in [-0.1, -0.05) is 48.5 Å². The van der Waals surface area contributed by atoms with Crippen LogP contribution >= 0.6 is 0 Å². The zero-order chi connectivity index (χ0) is 18.4. The van der Waals surface area contributed by atoms with Crippen molar-refractivity contribution in [3.63, 3.8) is 0 Å². The first-order chi connectivity index (χ1) is 13.2. The van der Waals surface area contributed by atoms with Crippen LogP contribution in [0.2, 0.25) is 0 Å². The van der Waals surface area contributed by atoms with Crippen LogP contribution < -0.4 is 9.80 Å². The number of fused-ring (bicyclic) bond motifs is 3. The topological polar surface area (TPSA) is 19.6 Å². The number of hydrogen-bond acceptors (Lipinski definition) is 3. The highest BCUT2D eigenvalue weighted by atomic mass is 16.3. The molecule has 1 aliphatic rings. The molecule has 4 aromatic rings. The van der Waals surface area contributed by atoms with Gasteiger partial charge in [-0.15, -0.1) is 0 Å². The Kier molecular flexibility index (Phi) is 3.68. The van der Waals surface area contributed by atoms with Crippen LogP contribution in [-0.2, 0) is 0 Å². The Morgan fingerprint density at radius 3 is 2.44 bits per heavy atom. The molecule has 0 saturated heterocycles. The number of aryl methyl sites for hydroxylation is 1. The molecular formula is C24H22N2O. The maximum atomic E-state index is 6.28. The van der Waals surface area contributed by atoms with Crippen molar-refractivity contribution >= 4 is 33.3 Å². The van der Waals surface area contributed by atoms with Crippen molar-refractivity contribution in [2.75, 3.05) is 16.3 Å². The van der Waals surface area contributed by atoms with Crippen LogP contribution in [0, 0.1) is 6.92 Å². The lowest BCUT2D eigenvalue weighted by Crippen LogP contribution is -2.42. The van der Waals surface area contributed by atoms with E-state index < -0.39 is 0 Å². The molecule has 2 heterocycles. The summed E-state index contributed by atoms with van der Waals surface area (Å²) in [5.74, 6) is 0. The average molecular weight is 354 g/mol. The van der Waals surface area contributed by atoms with Gasteiger partial charge in [0.05, 0.1) is 5.69 Å². The number of furan rings is 1. The van der Waals surface area contributed by atoms with E-state index in [4.69, 9.17) is 4.42 Å². The summed E-state index contributed by atoms with van der Waals surface area (Å²) in [4.78, 5) is 4.65. The largest absolute Gasteiger partial charge is 0.454 e. The van der Waals surface area contributed by atoms with Gasteiger partial charge in [0.2, 0.25) is 0 Å². The van der Waals surface area contributed by atoms with Gasteiger partial charge in [-0.25, -0.2) is 0 Å². The van der Waals surface area contributed by atoms with E-state index in [0.717, 1.165) is 17.7 Å². The minimum Gasteiger partial charge on any atom is -0.454 e. The van der Waals surface area contributed by atoms with Crippen LogP contribution in [0.5, 0.6) is 0 Å². The Labute approximate surface area is 159 Å². The molecule has 5 rings (SSSR count). The van der Waals surface area contributed by atoms with Crippen molar-refractivity contribution in [1.29, 1.82) is 0 Å². The second-order valence-corrected chi connectivity index (χ2v) is 7.25. The molecular weight excluding hydrogens is 332 g/mol. The molecule has 1 aliphatic heterocycles. The molecule has 0 N–H and O–H groups in total. The Bertz CT molecular complexity index is 1140. The predicted molar refractivity (Wildman–Crippen MR) is 113 cm³/mol. The summed E-state index contributed by atoms with van der Waals surface area (Å²) in [7, 11) is 0. The Morgan fingerprint density at radius 1 is 0.852 bits per heavy atom. The van der Waals surface area contributed by atoms with E-state index >= 15 is 0 Å². The second kappa shape index (κ2) is 6.20. The first kappa shape index (κ1) is 16.0. The van der Waals surface area contributed by atoms with Crippen LogP contribution in [0.4, 0.5) is 11.4 Å². The summed E-state index contributed by atoms with van der Waals surface area (Å²) in [5.41, 5.74) is 5.53. The van der Waals surface area contributed by atoms with Gasteiger partial charge >= 0.3 is 0 Å². The zero-order valence-electron chi connectivity index (χ0n) is 15.6. The number of hydrogen-bond donors (Lipinski definition) is 0. The van der Waals surface area contributed by atoms with Crippen molar-refractivity contribution in [3.8, 4) is 0 Å². The quantitative estimate of drug-likeness (QED) is 0.435. The summed E-state index contributed by atoms with van der Waals surface area (Å²) in [6.45, 7) is 5.32. The number of rotatable bonds is 2. The molecule has 1 atom stereocenters. The van der Waals surface area contributed by atoms with Gasteiger partial charge in [0.15, 0.2) is 5.58 Å². The third-order valence-corrected chi connectivity index (χ3v) is 5.41. The molecule has 0 fully saturated rings. The number of nitrogens with zero attached hydrogens (tertiary/aromatic N) is 2. The van der Waals surface area contributed by atoms with Crippen molar-refractivity contribution in [2.24, 2.45) is 0 Å². The van der Waals surface area contributed by atoms with Gasteiger partial charge < -0.3 is 14.2 Å². The van der Waals surface area contributed by atoms with Crippen molar-refractivity contribution in [3.05, 3.63) is 84.7 Å². The summed E-state index contributed by atoms with van der Waals surface area (Å²) >= 11 is 0. The molecule has 0 unspecified atom stereocenters. The van der Waals surface area contributed by atoms with E-state index in [9.17, 15) is 0 Å². The third kappa shape index (κ3) is 2.58. The summed E-state index contributed by atoms with van der Waals surface area (Å²) in [5, 5.41) is 2.35. The fourth-order valence-electron chi connectivity index (χ4n) is 4.07. The molecule has 0 spiro atoms. The number of anilines is 2. The number of para-hydroxylation sites is 2. The SMILES string of the molecule is Cc1ccc2c(oc3ccccc32)c1N1C=CN(c2ccccc2)[C@@H](C)C1. The highest BCUT2D eigenvalue weighted by Gasteiger charge is 2.24. The molecule has 0 aliphatic carbocycles. The standard InChI is InChI=1S/C24H22N2O/c1-17-12-13-21-20-10-6-7-11-22(20)27-24(21)23(17)25-14-15-26(18(2)16-25)19-8-4-3-5-9-19/h3-15,18H,16H2,1-2H3/t18-/m0/s1. The van der Waals surface area contributed by atoms with E-state index in [1.165, 1.54) is 27.7 Å².